The molecule has 0 radical (unpaired) electrons. The molecule has 1 heterocycles. The highest BCUT2D eigenvalue weighted by Gasteiger charge is 2.49. The molecule has 0 unspecified atom stereocenters. The van der Waals surface area contributed by atoms with Crippen LogP contribution in [-0.4, -0.2) is 64.1 Å². The van der Waals surface area contributed by atoms with Gasteiger partial charge >= 0.3 is 0 Å². The van der Waals surface area contributed by atoms with E-state index in [1.54, 1.807) is 7.11 Å². The molecule has 8 nitrogen and oxygen atoms in total. The molecular weight excluding hydrogens is 800 g/mol. The summed E-state index contributed by atoms with van der Waals surface area (Å²) in [7, 11) is 1.67. The number of rotatable bonds is 23. The molecule has 324 valence electrons. The van der Waals surface area contributed by atoms with Gasteiger partial charge in [-0.25, -0.2) is 0 Å². The summed E-state index contributed by atoms with van der Waals surface area (Å²) in [5, 5.41) is 0.661. The van der Waals surface area contributed by atoms with Crippen LogP contribution in [0.4, 0.5) is 0 Å². The Morgan fingerprint density at radius 2 is 1.08 bits per heavy atom. The molecule has 62 heavy (non-hydrogen) atoms. The number of ether oxygens (including phenoxy) is 8. The second-order valence-electron chi connectivity index (χ2n) is 15.4. The van der Waals surface area contributed by atoms with E-state index in [9.17, 15) is 0 Å². The van der Waals surface area contributed by atoms with Gasteiger partial charge < -0.3 is 37.9 Å². The number of hydrogen-bond donors (Lipinski definition) is 0. The fourth-order valence-electron chi connectivity index (χ4n) is 7.51. The molecule has 1 aliphatic heterocycles. The van der Waals surface area contributed by atoms with Crippen LogP contribution in [0.1, 0.15) is 52.0 Å². The average molecular weight is 857 g/mol. The fraction of sp³-hybridized carbons (Fsp3) is 0.321. The summed E-state index contributed by atoms with van der Waals surface area (Å²) in [6.07, 6.45) is -2.29. The second-order valence-corrected chi connectivity index (χ2v) is 15.8. The van der Waals surface area contributed by atoms with Gasteiger partial charge in [0, 0.05) is 18.7 Å². The Bertz CT molecular complexity index is 2160. The highest BCUT2D eigenvalue weighted by Crippen LogP contribution is 2.40. The van der Waals surface area contributed by atoms with Crippen LogP contribution in [0.2, 0.25) is 5.02 Å². The zero-order valence-electron chi connectivity index (χ0n) is 35.6. The molecule has 6 atom stereocenters. The summed E-state index contributed by atoms with van der Waals surface area (Å²) < 4.78 is 51.6. The summed E-state index contributed by atoms with van der Waals surface area (Å²) in [4.78, 5) is 0. The maximum absolute atomic E-state index is 7.20. The first-order valence-corrected chi connectivity index (χ1v) is 21.8. The van der Waals surface area contributed by atoms with Crippen molar-refractivity contribution >= 4 is 11.6 Å². The molecule has 0 aromatic heterocycles. The molecule has 0 saturated carbocycles. The molecular formula is C53H57ClO8. The maximum atomic E-state index is 7.20. The van der Waals surface area contributed by atoms with Crippen LogP contribution in [0.5, 0.6) is 5.75 Å². The zero-order chi connectivity index (χ0) is 42.8. The lowest BCUT2D eigenvalue weighted by Gasteiger charge is -2.46. The smallest absolute Gasteiger partial charge is 0.119 e. The van der Waals surface area contributed by atoms with Crippen LogP contribution in [0, 0.1) is 0 Å². The molecule has 0 spiro atoms. The molecule has 1 aliphatic rings. The predicted octanol–water partition coefficient (Wildman–Crippen LogP) is 10.8. The SMILES string of the molecule is CCOC[C@@H](COc1ccc(Cc2cc([C@@H]3O[C@H](COCc4ccccc4)[C@@H](OCc4ccccc4)[C@H](OCc4ccccc4)[C@H]3OCc3ccccc3)ccc2Cl)cc1)OC. The quantitative estimate of drug-likeness (QED) is 0.0631. The van der Waals surface area contributed by atoms with Gasteiger partial charge in [-0.05, 0) is 70.5 Å². The van der Waals surface area contributed by atoms with Crippen LogP contribution in [0.15, 0.2) is 164 Å². The van der Waals surface area contributed by atoms with Crippen molar-refractivity contribution in [3.8, 4) is 5.75 Å². The minimum absolute atomic E-state index is 0.150. The van der Waals surface area contributed by atoms with E-state index in [0.29, 0.717) is 57.7 Å². The van der Waals surface area contributed by atoms with E-state index in [-0.39, 0.29) is 12.7 Å². The lowest BCUT2D eigenvalue weighted by atomic mass is 9.89. The van der Waals surface area contributed by atoms with E-state index in [1.165, 1.54) is 0 Å². The molecule has 0 amide bonds. The standard InChI is InChI=1S/C53H57ClO8/c1-3-56-36-47(55-2)37-58-46-27-24-39(25-28-46)30-45-31-44(26-29-48(45)54)50-52(60-34-42-20-12-6-13-21-42)53(61-35-43-22-14-7-15-23-43)51(59-33-41-18-10-5-11-19-41)49(62-50)38-57-32-40-16-8-4-9-17-40/h4-29,31,47,49-53H,3,30,32-38H2,1-2H3/t47-,49+,50-,51+,52-,53-/m0/s1. The topological polar surface area (TPSA) is 73.8 Å². The minimum Gasteiger partial charge on any atom is -0.491 e. The summed E-state index contributed by atoms with van der Waals surface area (Å²) in [5.41, 5.74) is 7.17. The Hall–Kier alpha value is -4.87. The number of benzene rings is 6. The van der Waals surface area contributed by atoms with Crippen molar-refractivity contribution in [2.45, 2.75) is 76.4 Å². The molecule has 1 fully saturated rings. The van der Waals surface area contributed by atoms with Crippen LogP contribution in [-0.2, 0) is 66.0 Å². The molecule has 0 N–H and O–H groups in total. The average Bonchev–Trinajstić information content (AvgIpc) is 3.32. The van der Waals surface area contributed by atoms with E-state index in [2.05, 4.69) is 66.7 Å². The third-order valence-corrected chi connectivity index (χ3v) is 11.2. The monoisotopic (exact) mass is 856 g/mol. The molecule has 0 bridgehead atoms. The normalized spacial score (nSPS) is 19.2. The number of hydrogen-bond acceptors (Lipinski definition) is 8. The second kappa shape index (κ2) is 24.1. The molecule has 1 saturated heterocycles. The van der Waals surface area contributed by atoms with Crippen molar-refractivity contribution < 1.29 is 37.9 Å². The van der Waals surface area contributed by atoms with Gasteiger partial charge in [-0.1, -0.05) is 157 Å². The van der Waals surface area contributed by atoms with Gasteiger partial charge in [0.05, 0.1) is 39.6 Å². The van der Waals surface area contributed by atoms with Crippen molar-refractivity contribution in [3.05, 3.63) is 208 Å². The molecule has 6 aromatic carbocycles. The molecule has 6 aromatic rings. The van der Waals surface area contributed by atoms with Gasteiger partial charge in [0.15, 0.2) is 0 Å². The van der Waals surface area contributed by atoms with Crippen LogP contribution < -0.4 is 4.74 Å². The van der Waals surface area contributed by atoms with Gasteiger partial charge in [0.25, 0.3) is 0 Å². The molecule has 9 heteroatoms. The third-order valence-electron chi connectivity index (χ3n) is 10.9. The van der Waals surface area contributed by atoms with Crippen LogP contribution in [0.3, 0.4) is 0 Å². The highest BCUT2D eigenvalue weighted by molar-refractivity contribution is 6.31. The first kappa shape index (κ1) is 45.2. The van der Waals surface area contributed by atoms with Gasteiger partial charge in [-0.3, -0.25) is 0 Å². The van der Waals surface area contributed by atoms with E-state index < -0.39 is 30.5 Å². The Morgan fingerprint density at radius 3 is 1.63 bits per heavy atom. The molecule has 0 aliphatic carbocycles. The highest BCUT2D eigenvalue weighted by atomic mass is 35.5. The van der Waals surface area contributed by atoms with E-state index in [4.69, 9.17) is 49.5 Å². The lowest BCUT2D eigenvalue weighted by molar-refractivity contribution is -0.275. The summed E-state index contributed by atoms with van der Waals surface area (Å²) in [6, 6.07) is 54.9. The Balaban J connectivity index is 1.20. The first-order chi connectivity index (χ1) is 30.6. The largest absolute Gasteiger partial charge is 0.491 e. The van der Waals surface area contributed by atoms with Crippen molar-refractivity contribution in [1.29, 1.82) is 0 Å². The Kier molecular flexibility index (Phi) is 17.6. The first-order valence-electron chi connectivity index (χ1n) is 21.4. The Labute approximate surface area is 371 Å². The van der Waals surface area contributed by atoms with E-state index >= 15 is 0 Å². The lowest BCUT2D eigenvalue weighted by Crippen LogP contribution is -2.58. The summed E-state index contributed by atoms with van der Waals surface area (Å²) in [5.74, 6) is 0.757. The summed E-state index contributed by atoms with van der Waals surface area (Å²) in [6.45, 7) is 5.23. The van der Waals surface area contributed by atoms with Crippen molar-refractivity contribution in [3.63, 3.8) is 0 Å². The van der Waals surface area contributed by atoms with Gasteiger partial charge in [-0.15, -0.1) is 0 Å². The van der Waals surface area contributed by atoms with Crippen molar-refractivity contribution in [2.24, 2.45) is 0 Å². The Morgan fingerprint density at radius 1 is 0.548 bits per heavy atom. The van der Waals surface area contributed by atoms with E-state index in [1.807, 2.05) is 104 Å². The van der Waals surface area contributed by atoms with Gasteiger partial charge in [-0.2, -0.15) is 0 Å². The third kappa shape index (κ3) is 13.3. The van der Waals surface area contributed by atoms with E-state index in [0.717, 1.165) is 44.7 Å². The maximum Gasteiger partial charge on any atom is 0.119 e. The van der Waals surface area contributed by atoms with Gasteiger partial charge in [0.2, 0.25) is 0 Å². The van der Waals surface area contributed by atoms with Gasteiger partial charge in [0.1, 0.15) is 49.0 Å². The fourth-order valence-corrected chi connectivity index (χ4v) is 7.70. The van der Waals surface area contributed by atoms with Crippen LogP contribution >= 0.6 is 11.6 Å². The minimum atomic E-state index is -0.575. The summed E-state index contributed by atoms with van der Waals surface area (Å²) >= 11 is 6.97. The number of halogens is 1. The van der Waals surface area contributed by atoms with Crippen molar-refractivity contribution in [1.82, 2.24) is 0 Å². The zero-order valence-corrected chi connectivity index (χ0v) is 36.3. The number of methoxy groups -OCH3 is 1. The van der Waals surface area contributed by atoms with Crippen LogP contribution in [0.25, 0.3) is 0 Å². The molecule has 7 rings (SSSR count). The predicted molar refractivity (Wildman–Crippen MR) is 242 cm³/mol. The van der Waals surface area contributed by atoms with Crippen molar-refractivity contribution in [2.75, 3.05) is 33.5 Å².